The molecule has 0 saturated carbocycles. The van der Waals surface area contributed by atoms with Crippen molar-refractivity contribution in [3.05, 3.63) is 36.7 Å². The van der Waals surface area contributed by atoms with Crippen molar-refractivity contribution in [1.82, 2.24) is 14.8 Å². The van der Waals surface area contributed by atoms with Crippen LogP contribution in [0.15, 0.2) is 41.6 Å². The van der Waals surface area contributed by atoms with Crippen LogP contribution in [0, 0.1) is 0 Å². The van der Waals surface area contributed by atoms with Crippen LogP contribution in [-0.4, -0.2) is 36.4 Å². The van der Waals surface area contributed by atoms with Crippen LogP contribution in [0.25, 0.3) is 11.0 Å². The molecule has 0 saturated heterocycles. The van der Waals surface area contributed by atoms with E-state index in [4.69, 9.17) is 9.47 Å². The Labute approximate surface area is 157 Å². The fraction of sp³-hybridized carbons (Fsp3) is 0.333. The minimum atomic E-state index is -3.79. The van der Waals surface area contributed by atoms with E-state index >= 15 is 0 Å². The maximum absolute atomic E-state index is 12.8. The first-order valence-electron chi connectivity index (χ1n) is 8.70. The summed E-state index contributed by atoms with van der Waals surface area (Å²) < 4.78 is 41.0. The normalized spacial score (nSPS) is 14.3. The van der Waals surface area contributed by atoms with Crippen molar-refractivity contribution in [3.63, 3.8) is 0 Å². The van der Waals surface area contributed by atoms with Crippen LogP contribution in [-0.2, 0) is 10.0 Å². The molecule has 9 heteroatoms. The van der Waals surface area contributed by atoms with Gasteiger partial charge in [-0.1, -0.05) is 0 Å². The average Bonchev–Trinajstić information content (AvgIpc) is 2.90. The number of nitrogens with zero attached hydrogens (tertiary/aromatic N) is 3. The molecule has 0 unspecified atom stereocenters. The van der Waals surface area contributed by atoms with Gasteiger partial charge in [0.15, 0.2) is 17.1 Å². The number of rotatable bonds is 4. The Balaban J connectivity index is 1.63. The monoisotopic (exact) mass is 388 g/mol. The highest BCUT2D eigenvalue weighted by Crippen LogP contribution is 2.32. The molecule has 1 aliphatic heterocycles. The van der Waals surface area contributed by atoms with Crippen LogP contribution >= 0.6 is 0 Å². The van der Waals surface area contributed by atoms with Gasteiger partial charge in [-0.3, -0.25) is 4.72 Å². The summed E-state index contributed by atoms with van der Waals surface area (Å²) in [5.41, 5.74) is 1.08. The molecule has 0 atom stereocenters. The predicted octanol–water partition coefficient (Wildman–Crippen LogP) is 2.97. The molecule has 3 aromatic rings. The predicted molar refractivity (Wildman–Crippen MR) is 101 cm³/mol. The van der Waals surface area contributed by atoms with E-state index in [0.717, 1.165) is 11.8 Å². The Bertz CT molecular complexity index is 1090. The van der Waals surface area contributed by atoms with Crippen molar-refractivity contribution in [2.45, 2.75) is 31.2 Å². The van der Waals surface area contributed by atoms with E-state index in [1.54, 1.807) is 23.0 Å². The van der Waals surface area contributed by atoms with Gasteiger partial charge in [-0.2, -0.15) is 5.10 Å². The van der Waals surface area contributed by atoms with Crippen molar-refractivity contribution >= 4 is 26.7 Å². The van der Waals surface area contributed by atoms with Crippen LogP contribution in [0.1, 0.15) is 26.3 Å². The fourth-order valence-corrected chi connectivity index (χ4v) is 3.95. The number of ether oxygens (including phenoxy) is 2. The number of anilines is 1. The first-order chi connectivity index (χ1) is 12.9. The van der Waals surface area contributed by atoms with E-state index < -0.39 is 10.0 Å². The zero-order valence-corrected chi connectivity index (χ0v) is 15.9. The lowest BCUT2D eigenvalue weighted by Gasteiger charge is -2.12. The maximum atomic E-state index is 12.8. The zero-order valence-electron chi connectivity index (χ0n) is 15.0. The zero-order chi connectivity index (χ0) is 19.0. The molecule has 1 N–H and O–H groups in total. The van der Waals surface area contributed by atoms with E-state index in [0.29, 0.717) is 36.0 Å². The molecule has 0 fully saturated rings. The van der Waals surface area contributed by atoms with Gasteiger partial charge >= 0.3 is 0 Å². The SMILES string of the molecule is CC(C)n1ncc2cc(NS(=O)(=O)c3ccc4c(c3)OCCCO4)cnc21. The number of fused-ring (bicyclic) bond motifs is 2. The summed E-state index contributed by atoms with van der Waals surface area (Å²) in [6.07, 6.45) is 3.92. The lowest BCUT2D eigenvalue weighted by molar-refractivity contribution is 0.297. The van der Waals surface area contributed by atoms with Crippen LogP contribution in [0.3, 0.4) is 0 Å². The molecular weight excluding hydrogens is 368 g/mol. The van der Waals surface area contributed by atoms with Gasteiger partial charge in [0.25, 0.3) is 10.0 Å². The molecule has 0 radical (unpaired) electrons. The van der Waals surface area contributed by atoms with Gasteiger partial charge in [0.2, 0.25) is 0 Å². The number of pyridine rings is 1. The van der Waals surface area contributed by atoms with Crippen LogP contribution < -0.4 is 14.2 Å². The molecule has 142 valence electrons. The Morgan fingerprint density at radius 1 is 1.11 bits per heavy atom. The van der Waals surface area contributed by atoms with Gasteiger partial charge in [0.05, 0.1) is 36.2 Å². The standard InChI is InChI=1S/C18H20N4O4S/c1-12(2)22-18-13(10-20-22)8-14(11-19-18)21-27(23,24)15-4-5-16-17(9-15)26-7-3-6-25-16/h4-5,8-12,21H,3,6-7H2,1-2H3. The molecule has 2 aromatic heterocycles. The number of nitrogens with one attached hydrogen (secondary N) is 1. The summed E-state index contributed by atoms with van der Waals surface area (Å²) >= 11 is 0. The number of sulfonamides is 1. The first-order valence-corrected chi connectivity index (χ1v) is 10.2. The van der Waals surface area contributed by atoms with Gasteiger partial charge in [-0.05, 0) is 32.0 Å². The Morgan fingerprint density at radius 2 is 1.89 bits per heavy atom. The number of hydrogen-bond donors (Lipinski definition) is 1. The van der Waals surface area contributed by atoms with E-state index in [1.807, 2.05) is 13.8 Å². The van der Waals surface area contributed by atoms with E-state index in [2.05, 4.69) is 14.8 Å². The molecule has 0 amide bonds. The average molecular weight is 388 g/mol. The van der Waals surface area contributed by atoms with Crippen LogP contribution in [0.5, 0.6) is 11.5 Å². The summed E-state index contributed by atoms with van der Waals surface area (Å²) in [5.74, 6) is 0.984. The van der Waals surface area contributed by atoms with Gasteiger partial charge in [0, 0.05) is 23.9 Å². The van der Waals surface area contributed by atoms with E-state index in [1.165, 1.54) is 18.3 Å². The molecule has 0 spiro atoms. The van der Waals surface area contributed by atoms with Crippen molar-refractivity contribution in [2.24, 2.45) is 0 Å². The van der Waals surface area contributed by atoms with Gasteiger partial charge in [-0.15, -0.1) is 0 Å². The van der Waals surface area contributed by atoms with Gasteiger partial charge in [-0.25, -0.2) is 18.1 Å². The molecule has 27 heavy (non-hydrogen) atoms. The van der Waals surface area contributed by atoms with Gasteiger partial charge < -0.3 is 9.47 Å². The third kappa shape index (κ3) is 3.42. The number of aromatic nitrogens is 3. The topological polar surface area (TPSA) is 95.3 Å². The second kappa shape index (κ2) is 6.73. The fourth-order valence-electron chi connectivity index (χ4n) is 2.90. The molecule has 1 aliphatic rings. The molecular formula is C18H20N4O4S. The quantitative estimate of drug-likeness (QED) is 0.738. The van der Waals surface area contributed by atoms with Gasteiger partial charge in [0.1, 0.15) is 0 Å². The Morgan fingerprint density at radius 3 is 2.67 bits per heavy atom. The summed E-state index contributed by atoms with van der Waals surface area (Å²) in [6, 6.07) is 6.47. The third-order valence-corrected chi connectivity index (χ3v) is 5.58. The number of hydrogen-bond acceptors (Lipinski definition) is 6. The molecule has 0 aliphatic carbocycles. The molecule has 0 bridgehead atoms. The Hall–Kier alpha value is -2.81. The Kier molecular flexibility index (Phi) is 4.39. The third-order valence-electron chi connectivity index (χ3n) is 4.20. The molecule has 4 rings (SSSR count). The van der Waals surface area contributed by atoms with Crippen molar-refractivity contribution in [3.8, 4) is 11.5 Å². The molecule has 1 aromatic carbocycles. The lowest BCUT2D eigenvalue weighted by atomic mass is 10.3. The van der Waals surface area contributed by atoms with Crippen molar-refractivity contribution in [1.29, 1.82) is 0 Å². The molecule has 3 heterocycles. The summed E-state index contributed by atoms with van der Waals surface area (Å²) in [7, 11) is -3.79. The van der Waals surface area contributed by atoms with Crippen LogP contribution in [0.2, 0.25) is 0 Å². The smallest absolute Gasteiger partial charge is 0.262 e. The summed E-state index contributed by atoms with van der Waals surface area (Å²) in [6.45, 7) is 5.06. The highest BCUT2D eigenvalue weighted by atomic mass is 32.2. The lowest BCUT2D eigenvalue weighted by Crippen LogP contribution is -2.13. The molecule has 8 nitrogen and oxygen atoms in total. The highest BCUT2D eigenvalue weighted by Gasteiger charge is 2.19. The van der Waals surface area contributed by atoms with E-state index in [9.17, 15) is 8.42 Å². The summed E-state index contributed by atoms with van der Waals surface area (Å²) in [4.78, 5) is 4.45. The second-order valence-electron chi connectivity index (χ2n) is 6.58. The van der Waals surface area contributed by atoms with Crippen molar-refractivity contribution in [2.75, 3.05) is 17.9 Å². The van der Waals surface area contributed by atoms with E-state index in [-0.39, 0.29) is 10.9 Å². The maximum Gasteiger partial charge on any atom is 0.262 e. The van der Waals surface area contributed by atoms with Crippen LogP contribution in [0.4, 0.5) is 5.69 Å². The second-order valence-corrected chi connectivity index (χ2v) is 8.27. The minimum Gasteiger partial charge on any atom is -0.490 e. The first kappa shape index (κ1) is 17.6. The van der Waals surface area contributed by atoms with Crippen molar-refractivity contribution < 1.29 is 17.9 Å². The minimum absolute atomic E-state index is 0.102. The highest BCUT2D eigenvalue weighted by molar-refractivity contribution is 7.92. The summed E-state index contributed by atoms with van der Waals surface area (Å²) in [5, 5.41) is 5.06. The largest absolute Gasteiger partial charge is 0.490 e. The number of benzene rings is 1.